The van der Waals surface area contributed by atoms with E-state index in [1.165, 1.54) is 0 Å². The van der Waals surface area contributed by atoms with Gasteiger partial charge in [0.05, 0.1) is 8.46 Å². The lowest BCUT2D eigenvalue weighted by molar-refractivity contribution is 0.603. The molecule has 0 aliphatic heterocycles. The molecule has 1 aromatic carbocycles. The van der Waals surface area contributed by atoms with Gasteiger partial charge in [0, 0.05) is 5.30 Å². The van der Waals surface area contributed by atoms with E-state index in [9.17, 15) is 4.57 Å². The number of hydrogen-bond donors (Lipinski definition) is 0. The van der Waals surface area contributed by atoms with Crippen molar-refractivity contribution in [2.75, 3.05) is 0 Å². The van der Waals surface area contributed by atoms with Gasteiger partial charge < -0.3 is 0 Å². The van der Waals surface area contributed by atoms with Crippen LogP contribution in [0.3, 0.4) is 0 Å². The zero-order valence-corrected chi connectivity index (χ0v) is 5.29. The van der Waals surface area contributed by atoms with Gasteiger partial charge in [-0.15, -0.1) is 0 Å². The summed E-state index contributed by atoms with van der Waals surface area (Å²) >= 11 is 0. The molecular formula is C6H6OP. The molecule has 1 rings (SSSR count). The van der Waals surface area contributed by atoms with Crippen molar-refractivity contribution >= 4 is 13.8 Å². The summed E-state index contributed by atoms with van der Waals surface area (Å²) in [5.41, 5.74) is 0. The van der Waals surface area contributed by atoms with E-state index in [4.69, 9.17) is 0 Å². The Kier molecular flexibility index (Phi) is 1.76. The van der Waals surface area contributed by atoms with Gasteiger partial charge in [-0.2, -0.15) is 0 Å². The minimum absolute atomic E-state index is 0.320. The molecule has 0 aromatic heterocycles. The van der Waals surface area contributed by atoms with Gasteiger partial charge in [-0.3, -0.25) is 4.57 Å². The molecule has 0 saturated heterocycles. The van der Waals surface area contributed by atoms with Crippen LogP contribution in [0, 0.1) is 0 Å². The van der Waals surface area contributed by atoms with Gasteiger partial charge in [-0.1, -0.05) is 18.2 Å². The molecule has 1 nitrogen and oxygen atoms in total. The summed E-state index contributed by atoms with van der Waals surface area (Å²) in [6.07, 6.45) is 0. The van der Waals surface area contributed by atoms with Crippen molar-refractivity contribution in [3.05, 3.63) is 30.3 Å². The Labute approximate surface area is 49.6 Å². The van der Waals surface area contributed by atoms with Crippen LogP contribution in [-0.2, 0) is 4.57 Å². The van der Waals surface area contributed by atoms with E-state index >= 15 is 0 Å². The van der Waals surface area contributed by atoms with Crippen molar-refractivity contribution in [2.24, 2.45) is 0 Å². The fourth-order valence-electron chi connectivity index (χ4n) is 0.506. The van der Waals surface area contributed by atoms with E-state index in [1.807, 2.05) is 30.3 Å². The zero-order chi connectivity index (χ0) is 5.82. The SMILES string of the molecule is O=[PH]c1ccccc1. The van der Waals surface area contributed by atoms with E-state index in [0.29, 0.717) is 0 Å². The zero-order valence-electron chi connectivity index (χ0n) is 4.29. The van der Waals surface area contributed by atoms with E-state index in [0.717, 1.165) is 5.30 Å². The van der Waals surface area contributed by atoms with Crippen molar-refractivity contribution in [3.63, 3.8) is 0 Å². The predicted molar refractivity (Wildman–Crippen MR) is 35.1 cm³/mol. The quantitative estimate of drug-likeness (QED) is 0.517. The van der Waals surface area contributed by atoms with Gasteiger partial charge in [0.15, 0.2) is 0 Å². The van der Waals surface area contributed by atoms with Crippen molar-refractivity contribution in [1.82, 2.24) is 0 Å². The molecule has 0 amide bonds. The molecule has 8 heavy (non-hydrogen) atoms. The molecule has 2 heteroatoms. The van der Waals surface area contributed by atoms with Crippen molar-refractivity contribution in [1.29, 1.82) is 0 Å². The third-order valence-corrected chi connectivity index (χ3v) is 1.46. The smallest absolute Gasteiger partial charge is 0.0902 e. The van der Waals surface area contributed by atoms with Gasteiger partial charge in [0.1, 0.15) is 0 Å². The summed E-state index contributed by atoms with van der Waals surface area (Å²) in [6, 6.07) is 9.33. The van der Waals surface area contributed by atoms with Crippen LogP contribution in [0.4, 0.5) is 0 Å². The second-order valence-electron chi connectivity index (χ2n) is 1.47. The first-order valence-electron chi connectivity index (χ1n) is 2.36. The highest BCUT2D eigenvalue weighted by Crippen LogP contribution is 1.92. The topological polar surface area (TPSA) is 17.1 Å². The number of benzene rings is 1. The van der Waals surface area contributed by atoms with Crippen molar-refractivity contribution in [2.45, 2.75) is 0 Å². The lowest BCUT2D eigenvalue weighted by Crippen LogP contribution is -1.84. The third kappa shape index (κ3) is 1.14. The maximum atomic E-state index is 10.2. The second-order valence-corrected chi connectivity index (χ2v) is 2.25. The van der Waals surface area contributed by atoms with E-state index < -0.39 is 0 Å². The first-order chi connectivity index (χ1) is 3.93. The number of rotatable bonds is 1. The van der Waals surface area contributed by atoms with Crippen LogP contribution < -0.4 is 5.30 Å². The maximum absolute atomic E-state index is 10.2. The molecule has 0 spiro atoms. The van der Waals surface area contributed by atoms with Crippen molar-refractivity contribution in [3.8, 4) is 0 Å². The minimum atomic E-state index is -0.320. The van der Waals surface area contributed by atoms with Crippen LogP contribution in [0.15, 0.2) is 30.3 Å². The normalized spacial score (nSPS) is 9.50. The van der Waals surface area contributed by atoms with Crippen molar-refractivity contribution < 1.29 is 4.57 Å². The average molecular weight is 125 g/mol. The highest BCUT2D eigenvalue weighted by molar-refractivity contribution is 7.34. The summed E-state index contributed by atoms with van der Waals surface area (Å²) in [6.45, 7) is 0. The van der Waals surface area contributed by atoms with Gasteiger partial charge in [0.2, 0.25) is 0 Å². The van der Waals surface area contributed by atoms with E-state index in [2.05, 4.69) is 0 Å². The largest absolute Gasteiger partial charge is 0.285 e. The molecule has 0 fully saturated rings. The van der Waals surface area contributed by atoms with Gasteiger partial charge in [-0.05, 0) is 12.1 Å². The van der Waals surface area contributed by atoms with Crippen LogP contribution in [0.5, 0.6) is 0 Å². The summed E-state index contributed by atoms with van der Waals surface area (Å²) in [5, 5.41) is 0.882. The molecule has 0 bridgehead atoms. The lowest BCUT2D eigenvalue weighted by Gasteiger charge is -1.82. The Hall–Kier alpha value is -0.680. The monoisotopic (exact) mass is 125 g/mol. The molecule has 0 aliphatic carbocycles. The molecule has 1 radical (unpaired) electrons. The molecule has 41 valence electrons. The standard InChI is InChI=1S/C6H6OP/c7-8-6-4-2-1-3-5-6/h1-5,8H. The summed E-state index contributed by atoms with van der Waals surface area (Å²) in [7, 11) is -0.320. The van der Waals surface area contributed by atoms with E-state index in [1.54, 1.807) is 0 Å². The Morgan fingerprint density at radius 3 is 2.12 bits per heavy atom. The first kappa shape index (κ1) is 5.46. The third-order valence-electron chi connectivity index (χ3n) is 0.892. The molecule has 1 atom stereocenters. The van der Waals surface area contributed by atoms with Gasteiger partial charge in [-0.25, -0.2) is 0 Å². The molecule has 0 heterocycles. The van der Waals surface area contributed by atoms with Gasteiger partial charge in [0.25, 0.3) is 0 Å². The Morgan fingerprint density at radius 2 is 1.75 bits per heavy atom. The van der Waals surface area contributed by atoms with Crippen LogP contribution >= 0.6 is 8.46 Å². The minimum Gasteiger partial charge on any atom is -0.285 e. The maximum Gasteiger partial charge on any atom is 0.0902 e. The predicted octanol–water partition coefficient (Wildman–Crippen LogP) is 1.34. The molecule has 0 N–H and O–H groups in total. The number of hydrogen-bond acceptors (Lipinski definition) is 1. The Morgan fingerprint density at radius 1 is 1.12 bits per heavy atom. The fraction of sp³-hybridized carbons (Fsp3) is 0. The molecule has 1 unspecified atom stereocenters. The molecule has 0 aliphatic rings. The summed E-state index contributed by atoms with van der Waals surface area (Å²) < 4.78 is 10.2. The van der Waals surface area contributed by atoms with Crippen LogP contribution in [-0.4, -0.2) is 0 Å². The molecular weight excluding hydrogens is 119 g/mol. The average Bonchev–Trinajstić information content (AvgIpc) is 1.90. The van der Waals surface area contributed by atoms with Gasteiger partial charge >= 0.3 is 0 Å². The second kappa shape index (κ2) is 2.58. The lowest BCUT2D eigenvalue weighted by atomic mass is 10.4. The summed E-state index contributed by atoms with van der Waals surface area (Å²) in [4.78, 5) is 0. The van der Waals surface area contributed by atoms with Crippen LogP contribution in [0.25, 0.3) is 0 Å². The Bertz CT molecular complexity index is 171. The van der Waals surface area contributed by atoms with Crippen LogP contribution in [0.2, 0.25) is 0 Å². The highest BCUT2D eigenvalue weighted by atomic mass is 31.1. The van der Waals surface area contributed by atoms with Crippen LogP contribution in [0.1, 0.15) is 0 Å². The first-order valence-corrected chi connectivity index (χ1v) is 3.27. The fourth-order valence-corrected chi connectivity index (χ4v) is 0.835. The Balaban J connectivity index is 2.99. The molecule has 0 saturated carbocycles. The molecule has 1 aromatic rings. The van der Waals surface area contributed by atoms with E-state index in [-0.39, 0.29) is 8.46 Å². The summed E-state index contributed by atoms with van der Waals surface area (Å²) in [5.74, 6) is 0. The highest BCUT2D eigenvalue weighted by Gasteiger charge is 1.79.